The highest BCUT2D eigenvalue weighted by Crippen LogP contribution is 2.35. The smallest absolute Gasteiger partial charge is 0.321 e. The second-order valence-electron chi connectivity index (χ2n) is 5.92. The number of para-hydroxylation sites is 1. The molecule has 1 N–H and O–H groups in total. The van der Waals surface area contributed by atoms with E-state index in [0.29, 0.717) is 43.1 Å². The van der Waals surface area contributed by atoms with Crippen molar-refractivity contribution >= 4 is 11.7 Å². The predicted octanol–water partition coefficient (Wildman–Crippen LogP) is 2.46. The van der Waals surface area contributed by atoms with E-state index in [9.17, 15) is 4.79 Å². The molecule has 0 atom stereocenters. The molecule has 2 heterocycles. The highest BCUT2D eigenvalue weighted by atomic mass is 16.7. The lowest BCUT2D eigenvalue weighted by Gasteiger charge is -2.43. The zero-order chi connectivity index (χ0) is 17.0. The minimum Gasteiger partial charge on any atom is -0.493 e. The molecule has 1 aromatic rings. The number of amides is 2. The van der Waals surface area contributed by atoms with E-state index in [4.69, 9.17) is 18.9 Å². The Morgan fingerprint density at radius 1 is 1.17 bits per heavy atom. The molecule has 2 aliphatic heterocycles. The summed E-state index contributed by atoms with van der Waals surface area (Å²) in [6.07, 6.45) is 2.31. The summed E-state index contributed by atoms with van der Waals surface area (Å²) < 4.78 is 22.2. The Balaban J connectivity index is 1.62. The molecule has 24 heavy (non-hydrogen) atoms. The summed E-state index contributed by atoms with van der Waals surface area (Å²) in [4.78, 5) is 14.3. The van der Waals surface area contributed by atoms with E-state index >= 15 is 0 Å². The molecule has 2 saturated heterocycles. The van der Waals surface area contributed by atoms with Crippen LogP contribution in [0.25, 0.3) is 0 Å². The maximum absolute atomic E-state index is 12.5. The number of nitrogens with one attached hydrogen (secondary N) is 1. The lowest BCUT2D eigenvalue weighted by molar-refractivity contribution is -0.281. The molecule has 1 spiro atoms. The first-order valence-electron chi connectivity index (χ1n) is 8.22. The number of rotatable bonds is 3. The Kier molecular flexibility index (Phi) is 5.11. The van der Waals surface area contributed by atoms with Crippen molar-refractivity contribution < 1.29 is 23.7 Å². The van der Waals surface area contributed by atoms with Gasteiger partial charge in [0.2, 0.25) is 0 Å². The van der Waals surface area contributed by atoms with Crippen molar-refractivity contribution in [1.29, 1.82) is 0 Å². The zero-order valence-corrected chi connectivity index (χ0v) is 14.2. The van der Waals surface area contributed by atoms with Crippen LogP contribution in [0.4, 0.5) is 10.5 Å². The van der Waals surface area contributed by atoms with Crippen molar-refractivity contribution in [3.8, 4) is 11.5 Å². The fourth-order valence-electron chi connectivity index (χ4n) is 3.14. The Bertz CT molecular complexity index is 576. The SMILES string of the molecule is COc1cccc(NC(=O)N2CCC3(CC2)OCCCO3)c1OC. The maximum Gasteiger partial charge on any atom is 0.321 e. The molecular weight excluding hydrogens is 312 g/mol. The molecule has 132 valence electrons. The van der Waals surface area contributed by atoms with E-state index < -0.39 is 5.79 Å². The monoisotopic (exact) mass is 336 g/mol. The van der Waals surface area contributed by atoms with Gasteiger partial charge < -0.3 is 29.2 Å². The number of methoxy groups -OCH3 is 2. The van der Waals surface area contributed by atoms with Gasteiger partial charge in [0, 0.05) is 25.9 Å². The minimum atomic E-state index is -0.497. The Labute approximate surface area is 141 Å². The van der Waals surface area contributed by atoms with Gasteiger partial charge in [0.25, 0.3) is 0 Å². The summed E-state index contributed by atoms with van der Waals surface area (Å²) in [6.45, 7) is 2.65. The topological polar surface area (TPSA) is 69.3 Å². The van der Waals surface area contributed by atoms with Gasteiger partial charge in [0.15, 0.2) is 17.3 Å². The number of carbonyl (C=O) groups is 1. The largest absolute Gasteiger partial charge is 0.493 e. The summed E-state index contributed by atoms with van der Waals surface area (Å²) in [5.41, 5.74) is 0.590. The van der Waals surface area contributed by atoms with Crippen LogP contribution in [-0.4, -0.2) is 57.2 Å². The number of likely N-dealkylation sites (tertiary alicyclic amines) is 1. The van der Waals surface area contributed by atoms with Crippen LogP contribution >= 0.6 is 0 Å². The van der Waals surface area contributed by atoms with E-state index in [1.807, 2.05) is 6.07 Å². The van der Waals surface area contributed by atoms with Crippen molar-refractivity contribution in [3.63, 3.8) is 0 Å². The van der Waals surface area contributed by atoms with Gasteiger partial charge in [-0.05, 0) is 18.6 Å². The van der Waals surface area contributed by atoms with Gasteiger partial charge in [-0.15, -0.1) is 0 Å². The first kappa shape index (κ1) is 16.9. The van der Waals surface area contributed by atoms with Gasteiger partial charge in [-0.1, -0.05) is 6.07 Å². The molecule has 0 unspecified atom stereocenters. The molecule has 0 bridgehead atoms. The Morgan fingerprint density at radius 2 is 1.88 bits per heavy atom. The number of hydrogen-bond acceptors (Lipinski definition) is 5. The Morgan fingerprint density at radius 3 is 2.50 bits per heavy atom. The third-order valence-electron chi connectivity index (χ3n) is 4.48. The first-order valence-corrected chi connectivity index (χ1v) is 8.22. The van der Waals surface area contributed by atoms with E-state index in [0.717, 1.165) is 19.6 Å². The molecular formula is C17H24N2O5. The number of nitrogens with zero attached hydrogens (tertiary/aromatic N) is 1. The van der Waals surface area contributed by atoms with E-state index in [-0.39, 0.29) is 6.03 Å². The van der Waals surface area contributed by atoms with Gasteiger partial charge in [-0.25, -0.2) is 4.79 Å². The average molecular weight is 336 g/mol. The molecule has 0 aliphatic carbocycles. The van der Waals surface area contributed by atoms with Gasteiger partial charge in [0.05, 0.1) is 33.1 Å². The van der Waals surface area contributed by atoms with Gasteiger partial charge in [-0.3, -0.25) is 0 Å². The average Bonchev–Trinajstić information content (AvgIpc) is 2.62. The normalized spacial score (nSPS) is 19.8. The summed E-state index contributed by atoms with van der Waals surface area (Å²) in [6, 6.07) is 5.23. The Hall–Kier alpha value is -1.99. The van der Waals surface area contributed by atoms with E-state index in [2.05, 4.69) is 5.32 Å². The van der Waals surface area contributed by atoms with E-state index in [1.54, 1.807) is 31.3 Å². The molecule has 0 aromatic heterocycles. The molecule has 3 rings (SSSR count). The van der Waals surface area contributed by atoms with Gasteiger partial charge in [-0.2, -0.15) is 0 Å². The highest BCUT2D eigenvalue weighted by molar-refractivity contribution is 5.91. The number of ether oxygens (including phenoxy) is 4. The number of urea groups is 1. The number of anilines is 1. The summed E-state index contributed by atoms with van der Waals surface area (Å²) in [5.74, 6) is 0.598. The number of piperidine rings is 1. The molecule has 2 aliphatic rings. The van der Waals surface area contributed by atoms with Crippen LogP contribution in [0.15, 0.2) is 18.2 Å². The van der Waals surface area contributed by atoms with Crippen LogP contribution in [0.3, 0.4) is 0 Å². The highest BCUT2D eigenvalue weighted by Gasteiger charge is 2.39. The second-order valence-corrected chi connectivity index (χ2v) is 5.92. The summed E-state index contributed by atoms with van der Waals surface area (Å²) >= 11 is 0. The van der Waals surface area contributed by atoms with Crippen LogP contribution in [0.5, 0.6) is 11.5 Å². The van der Waals surface area contributed by atoms with Crippen LogP contribution < -0.4 is 14.8 Å². The molecule has 7 heteroatoms. The van der Waals surface area contributed by atoms with Crippen LogP contribution in [0.1, 0.15) is 19.3 Å². The quantitative estimate of drug-likeness (QED) is 0.918. The third-order valence-corrected chi connectivity index (χ3v) is 4.48. The van der Waals surface area contributed by atoms with Crippen molar-refractivity contribution in [2.24, 2.45) is 0 Å². The van der Waals surface area contributed by atoms with Gasteiger partial charge in [0.1, 0.15) is 0 Å². The fourth-order valence-corrected chi connectivity index (χ4v) is 3.14. The molecule has 2 amide bonds. The van der Waals surface area contributed by atoms with Crippen molar-refractivity contribution in [2.75, 3.05) is 45.8 Å². The predicted molar refractivity (Wildman–Crippen MR) is 88.6 cm³/mol. The second kappa shape index (κ2) is 7.27. The molecule has 2 fully saturated rings. The molecule has 1 aromatic carbocycles. The van der Waals surface area contributed by atoms with Crippen LogP contribution in [0.2, 0.25) is 0 Å². The molecule has 7 nitrogen and oxygen atoms in total. The lowest BCUT2D eigenvalue weighted by atomic mass is 10.0. The van der Waals surface area contributed by atoms with Crippen molar-refractivity contribution in [2.45, 2.75) is 25.0 Å². The fraction of sp³-hybridized carbons (Fsp3) is 0.588. The zero-order valence-electron chi connectivity index (χ0n) is 14.2. The first-order chi connectivity index (χ1) is 11.7. The third kappa shape index (κ3) is 3.42. The molecule has 0 saturated carbocycles. The van der Waals surface area contributed by atoms with Gasteiger partial charge >= 0.3 is 6.03 Å². The summed E-state index contributed by atoms with van der Waals surface area (Å²) in [7, 11) is 3.12. The lowest BCUT2D eigenvalue weighted by Crippen LogP contribution is -2.52. The maximum atomic E-state index is 12.5. The molecule has 0 radical (unpaired) electrons. The summed E-state index contributed by atoms with van der Waals surface area (Å²) in [5, 5.41) is 2.90. The standard InChI is InChI=1S/C17H24N2O5/c1-21-14-6-3-5-13(15(14)22-2)18-16(20)19-9-7-17(8-10-19)23-11-4-12-24-17/h3,5-6H,4,7-12H2,1-2H3,(H,18,20). The van der Waals surface area contributed by atoms with Crippen molar-refractivity contribution in [3.05, 3.63) is 18.2 Å². The number of carbonyl (C=O) groups excluding carboxylic acids is 1. The van der Waals surface area contributed by atoms with Crippen LogP contribution in [0, 0.1) is 0 Å². The van der Waals surface area contributed by atoms with Crippen molar-refractivity contribution in [1.82, 2.24) is 4.90 Å². The number of hydrogen-bond donors (Lipinski definition) is 1. The van der Waals surface area contributed by atoms with E-state index in [1.165, 1.54) is 0 Å². The minimum absolute atomic E-state index is 0.160. The number of benzene rings is 1. The van der Waals surface area contributed by atoms with Crippen LogP contribution in [-0.2, 0) is 9.47 Å².